The first-order chi connectivity index (χ1) is 16.2. The van der Waals surface area contributed by atoms with Gasteiger partial charge in [-0.3, -0.25) is 4.90 Å². The number of benzene rings is 2. The monoisotopic (exact) mass is 462 g/mol. The topological polar surface area (TPSA) is 53.0 Å². The predicted molar refractivity (Wildman–Crippen MR) is 133 cm³/mol. The summed E-state index contributed by atoms with van der Waals surface area (Å²) in [6.07, 6.45) is 1.95. The Hall–Kier alpha value is -2.21. The standard InChI is InChI=1S/C29H38N2O3/c1-27(2)23-15-16-28(27,3)25(24(23)31-19-17-30(4)18-20-31)34-26(32)29(33,21-11-7-5-8-12-21)22-13-9-6-10-14-22/h5-14,23-25,33H,15-20H2,1-4H3. The highest BCUT2D eigenvalue weighted by Crippen LogP contribution is 2.67. The molecule has 5 rings (SSSR count). The van der Waals surface area contributed by atoms with Gasteiger partial charge in [0.15, 0.2) is 0 Å². The Kier molecular flexibility index (Phi) is 5.86. The van der Waals surface area contributed by atoms with Gasteiger partial charge in [-0.15, -0.1) is 0 Å². The van der Waals surface area contributed by atoms with Crippen molar-refractivity contribution in [1.82, 2.24) is 9.80 Å². The van der Waals surface area contributed by atoms with Crippen molar-refractivity contribution in [1.29, 1.82) is 0 Å². The molecule has 1 heterocycles. The fourth-order valence-corrected chi connectivity index (χ4v) is 6.98. The first-order valence-electron chi connectivity index (χ1n) is 12.7. The molecule has 2 aromatic carbocycles. The highest BCUT2D eigenvalue weighted by molar-refractivity contribution is 5.85. The van der Waals surface area contributed by atoms with E-state index in [1.165, 1.54) is 0 Å². The van der Waals surface area contributed by atoms with Crippen LogP contribution in [0.4, 0.5) is 0 Å². The third kappa shape index (κ3) is 3.43. The van der Waals surface area contributed by atoms with Gasteiger partial charge in [0.05, 0.1) is 6.04 Å². The number of ether oxygens (including phenoxy) is 1. The first-order valence-corrected chi connectivity index (χ1v) is 12.7. The van der Waals surface area contributed by atoms with E-state index in [1.807, 2.05) is 36.4 Å². The average molecular weight is 463 g/mol. The number of nitrogens with zero attached hydrogens (tertiary/aromatic N) is 2. The number of rotatable bonds is 5. The normalized spacial score (nSPS) is 31.5. The van der Waals surface area contributed by atoms with Crippen LogP contribution in [-0.2, 0) is 15.1 Å². The van der Waals surface area contributed by atoms with Gasteiger partial charge in [0.1, 0.15) is 6.10 Å². The Bertz CT molecular complexity index is 977. The molecule has 5 heteroatoms. The van der Waals surface area contributed by atoms with Gasteiger partial charge in [0.2, 0.25) is 5.60 Å². The quantitative estimate of drug-likeness (QED) is 0.683. The molecule has 3 fully saturated rings. The van der Waals surface area contributed by atoms with Crippen LogP contribution in [0.25, 0.3) is 0 Å². The summed E-state index contributed by atoms with van der Waals surface area (Å²) in [7, 11) is 2.17. The molecule has 34 heavy (non-hydrogen) atoms. The second-order valence-corrected chi connectivity index (χ2v) is 11.4. The number of carbonyl (C=O) groups excluding carboxylic acids is 1. The van der Waals surface area contributed by atoms with Gasteiger partial charge < -0.3 is 14.7 Å². The SMILES string of the molecule is CN1CCN(C2C3CCC(C)(C2OC(=O)C(O)(c2ccccc2)c2ccccc2)C3(C)C)CC1. The van der Waals surface area contributed by atoms with Gasteiger partial charge in [0.25, 0.3) is 0 Å². The maximum absolute atomic E-state index is 14.0. The molecule has 0 aromatic heterocycles. The van der Waals surface area contributed by atoms with Crippen molar-refractivity contribution >= 4 is 5.97 Å². The van der Waals surface area contributed by atoms with E-state index in [9.17, 15) is 9.90 Å². The molecule has 182 valence electrons. The number of likely N-dealkylation sites (N-methyl/N-ethyl adjacent to an activating group) is 1. The van der Waals surface area contributed by atoms with Crippen molar-refractivity contribution in [2.75, 3.05) is 33.2 Å². The maximum Gasteiger partial charge on any atom is 0.348 e. The molecule has 0 amide bonds. The number of carbonyl (C=O) groups is 1. The Morgan fingerprint density at radius 3 is 2.00 bits per heavy atom. The van der Waals surface area contributed by atoms with E-state index in [0.29, 0.717) is 17.0 Å². The predicted octanol–water partition coefficient (Wildman–Crippen LogP) is 3.91. The van der Waals surface area contributed by atoms with Gasteiger partial charge in [-0.1, -0.05) is 81.4 Å². The third-order valence-corrected chi connectivity index (χ3v) is 9.60. The molecule has 1 saturated heterocycles. The lowest BCUT2D eigenvalue weighted by molar-refractivity contribution is -0.180. The van der Waals surface area contributed by atoms with Gasteiger partial charge in [0, 0.05) is 31.6 Å². The third-order valence-electron chi connectivity index (χ3n) is 9.60. The number of fused-ring (bicyclic) bond motifs is 2. The molecular weight excluding hydrogens is 424 g/mol. The maximum atomic E-state index is 14.0. The summed E-state index contributed by atoms with van der Waals surface area (Å²) in [5.41, 5.74) is -0.846. The van der Waals surface area contributed by atoms with E-state index in [4.69, 9.17) is 4.74 Å². The Balaban J connectivity index is 1.52. The molecule has 5 nitrogen and oxygen atoms in total. The van der Waals surface area contributed by atoms with Crippen molar-refractivity contribution < 1.29 is 14.6 Å². The summed E-state index contributed by atoms with van der Waals surface area (Å²) in [5.74, 6) is -0.0983. The minimum Gasteiger partial charge on any atom is -0.457 e. The van der Waals surface area contributed by atoms with Gasteiger partial charge in [-0.25, -0.2) is 4.79 Å². The second-order valence-electron chi connectivity index (χ2n) is 11.4. The van der Waals surface area contributed by atoms with E-state index in [1.54, 1.807) is 24.3 Å². The molecule has 2 aliphatic carbocycles. The van der Waals surface area contributed by atoms with Crippen LogP contribution < -0.4 is 0 Å². The van der Waals surface area contributed by atoms with Crippen LogP contribution in [-0.4, -0.2) is 66.2 Å². The summed E-state index contributed by atoms with van der Waals surface area (Å²) in [5, 5.41) is 12.0. The molecule has 4 unspecified atom stereocenters. The summed E-state index contributed by atoms with van der Waals surface area (Å²) < 4.78 is 6.51. The zero-order valence-electron chi connectivity index (χ0n) is 20.9. The van der Waals surface area contributed by atoms with Gasteiger partial charge in [-0.2, -0.15) is 0 Å². The summed E-state index contributed by atoms with van der Waals surface area (Å²) >= 11 is 0. The zero-order valence-corrected chi connectivity index (χ0v) is 20.9. The summed E-state index contributed by atoms with van der Waals surface area (Å²) in [4.78, 5) is 18.9. The molecule has 0 spiro atoms. The number of hydrogen-bond donors (Lipinski definition) is 1. The molecule has 2 bridgehead atoms. The molecule has 1 aliphatic heterocycles. The summed E-state index contributed by atoms with van der Waals surface area (Å²) in [6.45, 7) is 11.0. The Morgan fingerprint density at radius 2 is 1.47 bits per heavy atom. The summed E-state index contributed by atoms with van der Waals surface area (Å²) in [6, 6.07) is 18.6. The van der Waals surface area contributed by atoms with Crippen LogP contribution in [0.3, 0.4) is 0 Å². The highest BCUT2D eigenvalue weighted by Gasteiger charge is 2.69. The van der Waals surface area contributed by atoms with E-state index < -0.39 is 11.6 Å². The lowest BCUT2D eigenvalue weighted by Gasteiger charge is -2.45. The van der Waals surface area contributed by atoms with Crippen LogP contribution in [0.5, 0.6) is 0 Å². The second kappa shape index (κ2) is 8.47. The number of piperazine rings is 1. The molecule has 0 radical (unpaired) electrons. The van der Waals surface area contributed by atoms with E-state index in [2.05, 4.69) is 37.6 Å². The smallest absolute Gasteiger partial charge is 0.348 e. The number of esters is 1. The molecule has 2 saturated carbocycles. The largest absolute Gasteiger partial charge is 0.457 e. The molecule has 3 aliphatic rings. The average Bonchev–Trinajstić information content (AvgIpc) is 3.18. The first kappa shape index (κ1) is 23.5. The van der Waals surface area contributed by atoms with E-state index in [-0.39, 0.29) is 23.0 Å². The number of hydrogen-bond acceptors (Lipinski definition) is 5. The lowest BCUT2D eigenvalue weighted by atomic mass is 9.70. The fraction of sp³-hybridized carbons (Fsp3) is 0.552. The molecule has 2 aromatic rings. The fourth-order valence-electron chi connectivity index (χ4n) is 6.98. The van der Waals surface area contributed by atoms with Crippen molar-refractivity contribution in [3.8, 4) is 0 Å². The van der Waals surface area contributed by atoms with Crippen LogP contribution in [0.1, 0.15) is 44.7 Å². The Morgan fingerprint density at radius 1 is 0.941 bits per heavy atom. The van der Waals surface area contributed by atoms with E-state index in [0.717, 1.165) is 39.0 Å². The van der Waals surface area contributed by atoms with Crippen molar-refractivity contribution in [2.24, 2.45) is 16.7 Å². The van der Waals surface area contributed by atoms with Crippen LogP contribution in [0, 0.1) is 16.7 Å². The molecule has 4 atom stereocenters. The highest BCUT2D eigenvalue weighted by atomic mass is 16.6. The van der Waals surface area contributed by atoms with Crippen LogP contribution in [0.2, 0.25) is 0 Å². The number of aliphatic hydroxyl groups is 1. The Labute approximate surface area is 203 Å². The molecule has 1 N–H and O–H groups in total. The minimum atomic E-state index is -1.85. The molecular formula is C29H38N2O3. The van der Waals surface area contributed by atoms with Crippen molar-refractivity contribution in [2.45, 2.75) is 51.4 Å². The van der Waals surface area contributed by atoms with Crippen molar-refractivity contribution in [3.63, 3.8) is 0 Å². The zero-order chi connectivity index (χ0) is 24.1. The van der Waals surface area contributed by atoms with Gasteiger partial charge in [-0.05, 0) is 42.3 Å². The van der Waals surface area contributed by atoms with Gasteiger partial charge >= 0.3 is 5.97 Å². The van der Waals surface area contributed by atoms with Crippen LogP contribution >= 0.6 is 0 Å². The van der Waals surface area contributed by atoms with E-state index >= 15 is 0 Å². The lowest BCUT2D eigenvalue weighted by Crippen LogP contribution is -2.57. The van der Waals surface area contributed by atoms with Crippen molar-refractivity contribution in [3.05, 3.63) is 71.8 Å². The van der Waals surface area contributed by atoms with Crippen LogP contribution in [0.15, 0.2) is 60.7 Å². The minimum absolute atomic E-state index is 0.0591.